The second kappa shape index (κ2) is 6.14. The van der Waals surface area contributed by atoms with Gasteiger partial charge >= 0.3 is 0 Å². The van der Waals surface area contributed by atoms with Crippen LogP contribution in [0, 0.1) is 0 Å². The lowest BCUT2D eigenvalue weighted by Crippen LogP contribution is -1.87. The number of fused-ring (bicyclic) bond motifs is 3. The molecule has 2 heteroatoms. The molecular weight excluding hydrogens is 256 g/mol. The molecule has 0 unspecified atom stereocenters. The molecule has 0 spiro atoms. The summed E-state index contributed by atoms with van der Waals surface area (Å²) in [6.45, 7) is 2.00. The Bertz CT molecular complexity index is 858. The number of pyridine rings is 2. The largest absolute Gasteiger partial charge is 0.254 e. The molecule has 2 heterocycles. The van der Waals surface area contributed by atoms with E-state index in [2.05, 4.69) is 29.2 Å². The maximum absolute atomic E-state index is 4.72. The summed E-state index contributed by atoms with van der Waals surface area (Å²) in [4.78, 5) is 9.18. The highest BCUT2D eigenvalue weighted by atomic mass is 14.7. The van der Waals surface area contributed by atoms with Crippen LogP contribution in [0.4, 0.5) is 0 Å². The van der Waals surface area contributed by atoms with Gasteiger partial charge in [-0.3, -0.25) is 4.98 Å². The second-order valence-corrected chi connectivity index (χ2v) is 4.72. The van der Waals surface area contributed by atoms with Crippen LogP contribution < -0.4 is 0 Å². The van der Waals surface area contributed by atoms with E-state index in [1.54, 1.807) is 0 Å². The first-order valence-electron chi connectivity index (χ1n) is 6.99. The molecule has 2 nitrogen and oxygen atoms in total. The van der Waals surface area contributed by atoms with Crippen LogP contribution >= 0.6 is 0 Å². The molecule has 3 rings (SSSR count). The lowest BCUT2D eigenvalue weighted by atomic mass is 10.1. The van der Waals surface area contributed by atoms with Crippen LogP contribution in [0.2, 0.25) is 0 Å². The Morgan fingerprint density at radius 2 is 1.57 bits per heavy atom. The van der Waals surface area contributed by atoms with Crippen molar-refractivity contribution in [1.29, 1.82) is 0 Å². The van der Waals surface area contributed by atoms with Gasteiger partial charge in [0, 0.05) is 17.0 Å². The highest BCUT2D eigenvalue weighted by Crippen LogP contribution is 2.22. The van der Waals surface area contributed by atoms with Gasteiger partial charge in [0.2, 0.25) is 0 Å². The van der Waals surface area contributed by atoms with E-state index in [9.17, 15) is 0 Å². The molecule has 1 aromatic carbocycles. The smallest absolute Gasteiger partial charge is 0.0971 e. The molecule has 2 aromatic heterocycles. The Morgan fingerprint density at radius 1 is 0.810 bits per heavy atom. The normalized spacial score (nSPS) is 12.4. The first-order chi connectivity index (χ1) is 10.4. The molecule has 0 atom stereocenters. The second-order valence-electron chi connectivity index (χ2n) is 4.72. The summed E-state index contributed by atoms with van der Waals surface area (Å²) in [6, 6.07) is 12.3. The summed E-state index contributed by atoms with van der Waals surface area (Å²) in [7, 11) is 0. The quantitative estimate of drug-likeness (QED) is 0.499. The van der Waals surface area contributed by atoms with Gasteiger partial charge in [-0.15, -0.1) is 0 Å². The Labute approximate surface area is 124 Å². The van der Waals surface area contributed by atoms with Crippen molar-refractivity contribution in [3.63, 3.8) is 0 Å². The van der Waals surface area contributed by atoms with Crippen molar-refractivity contribution in [3.05, 3.63) is 78.7 Å². The molecule has 0 N–H and O–H groups in total. The van der Waals surface area contributed by atoms with E-state index in [1.165, 1.54) is 0 Å². The van der Waals surface area contributed by atoms with Crippen molar-refractivity contribution < 1.29 is 0 Å². The SMILES string of the molecule is C\C=C/C=C\C=C\c1ccc2ccc3cccnc3c2n1. The van der Waals surface area contributed by atoms with Gasteiger partial charge in [-0.25, -0.2) is 4.98 Å². The van der Waals surface area contributed by atoms with Crippen LogP contribution in [0.3, 0.4) is 0 Å². The zero-order valence-corrected chi connectivity index (χ0v) is 11.9. The predicted octanol–water partition coefficient (Wildman–Crippen LogP) is 4.93. The fraction of sp³-hybridized carbons (Fsp3) is 0.0526. The first-order valence-corrected chi connectivity index (χ1v) is 6.99. The number of benzene rings is 1. The van der Waals surface area contributed by atoms with E-state index >= 15 is 0 Å². The van der Waals surface area contributed by atoms with Crippen molar-refractivity contribution >= 4 is 27.9 Å². The lowest BCUT2D eigenvalue weighted by Gasteiger charge is -2.03. The van der Waals surface area contributed by atoms with E-state index in [1.807, 2.05) is 61.7 Å². The molecule has 0 aliphatic carbocycles. The zero-order valence-electron chi connectivity index (χ0n) is 11.9. The molecule has 3 aromatic rings. The number of nitrogens with zero attached hydrogens (tertiary/aromatic N) is 2. The molecule has 0 amide bonds. The summed E-state index contributed by atoms with van der Waals surface area (Å²) in [6.07, 6.45) is 13.8. The van der Waals surface area contributed by atoms with Gasteiger partial charge in [0.05, 0.1) is 16.7 Å². The molecule has 102 valence electrons. The van der Waals surface area contributed by atoms with Crippen molar-refractivity contribution in [2.24, 2.45) is 0 Å². The molecule has 0 aliphatic rings. The van der Waals surface area contributed by atoms with Gasteiger partial charge in [-0.05, 0) is 25.1 Å². The Morgan fingerprint density at radius 3 is 2.43 bits per heavy atom. The summed E-state index contributed by atoms with van der Waals surface area (Å²) >= 11 is 0. The van der Waals surface area contributed by atoms with Crippen LogP contribution in [0.15, 0.2) is 73.0 Å². The molecule has 0 aliphatic heterocycles. The van der Waals surface area contributed by atoms with Gasteiger partial charge in [0.15, 0.2) is 0 Å². The maximum atomic E-state index is 4.72. The fourth-order valence-corrected chi connectivity index (χ4v) is 2.23. The Hall–Kier alpha value is -2.74. The average Bonchev–Trinajstić information content (AvgIpc) is 2.54. The number of hydrogen-bond acceptors (Lipinski definition) is 2. The summed E-state index contributed by atoms with van der Waals surface area (Å²) in [5.74, 6) is 0. The van der Waals surface area contributed by atoms with Crippen LogP contribution in [0.5, 0.6) is 0 Å². The van der Waals surface area contributed by atoms with Gasteiger partial charge < -0.3 is 0 Å². The van der Waals surface area contributed by atoms with E-state index < -0.39 is 0 Å². The van der Waals surface area contributed by atoms with E-state index in [4.69, 9.17) is 4.98 Å². The topological polar surface area (TPSA) is 25.8 Å². The fourth-order valence-electron chi connectivity index (χ4n) is 2.23. The van der Waals surface area contributed by atoms with Crippen molar-refractivity contribution in [3.8, 4) is 0 Å². The maximum Gasteiger partial charge on any atom is 0.0971 e. The number of aromatic nitrogens is 2. The van der Waals surface area contributed by atoms with Crippen molar-refractivity contribution in [2.45, 2.75) is 6.92 Å². The minimum atomic E-state index is 0.936. The molecule has 0 fully saturated rings. The molecule has 0 saturated carbocycles. The van der Waals surface area contributed by atoms with Crippen molar-refractivity contribution in [1.82, 2.24) is 9.97 Å². The summed E-state index contributed by atoms with van der Waals surface area (Å²) in [5.41, 5.74) is 2.84. The highest BCUT2D eigenvalue weighted by Gasteiger charge is 2.02. The first kappa shape index (κ1) is 13.3. The van der Waals surface area contributed by atoms with Crippen LogP contribution in [-0.2, 0) is 0 Å². The van der Waals surface area contributed by atoms with Crippen LogP contribution in [0.1, 0.15) is 12.6 Å². The number of hydrogen-bond donors (Lipinski definition) is 0. The Balaban J connectivity index is 2.04. The van der Waals surface area contributed by atoms with E-state index in [0.717, 1.165) is 27.5 Å². The summed E-state index contributed by atoms with van der Waals surface area (Å²) < 4.78 is 0. The predicted molar refractivity (Wildman–Crippen MR) is 90.0 cm³/mol. The third-order valence-corrected chi connectivity index (χ3v) is 3.25. The van der Waals surface area contributed by atoms with Gasteiger partial charge in [-0.1, -0.05) is 54.6 Å². The minimum Gasteiger partial charge on any atom is -0.254 e. The number of allylic oxidation sites excluding steroid dienone is 5. The number of rotatable bonds is 3. The minimum absolute atomic E-state index is 0.936. The van der Waals surface area contributed by atoms with E-state index in [0.29, 0.717) is 0 Å². The Kier molecular flexibility index (Phi) is 3.88. The van der Waals surface area contributed by atoms with Gasteiger partial charge in [-0.2, -0.15) is 0 Å². The van der Waals surface area contributed by atoms with Gasteiger partial charge in [0.1, 0.15) is 0 Å². The highest BCUT2D eigenvalue weighted by molar-refractivity contribution is 6.02. The van der Waals surface area contributed by atoms with Crippen LogP contribution in [-0.4, -0.2) is 9.97 Å². The zero-order chi connectivity index (χ0) is 14.5. The van der Waals surface area contributed by atoms with E-state index in [-0.39, 0.29) is 0 Å². The third kappa shape index (κ3) is 2.90. The van der Waals surface area contributed by atoms with Gasteiger partial charge in [0.25, 0.3) is 0 Å². The molecular formula is C19H16N2. The molecule has 0 saturated heterocycles. The van der Waals surface area contributed by atoms with Crippen molar-refractivity contribution in [2.75, 3.05) is 0 Å². The molecule has 21 heavy (non-hydrogen) atoms. The van der Waals surface area contributed by atoms with Crippen LogP contribution in [0.25, 0.3) is 27.9 Å². The average molecular weight is 272 g/mol. The lowest BCUT2D eigenvalue weighted by molar-refractivity contribution is 1.35. The third-order valence-electron chi connectivity index (χ3n) is 3.25. The summed E-state index contributed by atoms with van der Waals surface area (Å²) in [5, 5.41) is 2.23. The standard InChI is InChI=1S/C19H16N2/c1-2-3-4-5-6-9-17-13-12-16-11-10-15-8-7-14-20-18(15)19(16)21-17/h2-14H,1H3/b3-2-,5-4-,9-6+. The molecule has 0 radical (unpaired) electrons. The monoisotopic (exact) mass is 272 g/mol. The molecule has 0 bridgehead atoms.